The Morgan fingerprint density at radius 1 is 1.15 bits per heavy atom. The monoisotopic (exact) mass is 536 g/mol. The lowest BCUT2D eigenvalue weighted by Crippen LogP contribution is -2.43. The van der Waals surface area contributed by atoms with E-state index in [0.717, 1.165) is 17.6 Å². The minimum atomic E-state index is -4.56. The normalized spacial score (nSPS) is 19.0. The maximum Gasteiger partial charge on any atom is 0.433 e. The Balaban J connectivity index is 1.50. The first-order valence-electron chi connectivity index (χ1n) is 10.1. The third-order valence-corrected chi connectivity index (χ3v) is 7.83. The zero-order valence-electron chi connectivity index (χ0n) is 17.2. The molecule has 5 nitrogen and oxygen atoms in total. The average molecular weight is 538 g/mol. The van der Waals surface area contributed by atoms with Gasteiger partial charge in [0.2, 0.25) is 0 Å². The Bertz CT molecular complexity index is 1200. The van der Waals surface area contributed by atoms with Crippen LogP contribution in [0.25, 0.3) is 10.9 Å². The second-order valence-corrected chi connectivity index (χ2v) is 9.84. The molecule has 0 saturated heterocycles. The van der Waals surface area contributed by atoms with Crippen molar-refractivity contribution in [3.8, 4) is 0 Å². The van der Waals surface area contributed by atoms with E-state index in [9.17, 15) is 18.0 Å². The molecule has 1 aromatic carbocycles. The molecular formula is C21H18Cl3F3N4OS. The van der Waals surface area contributed by atoms with Gasteiger partial charge in [0.05, 0.1) is 5.52 Å². The van der Waals surface area contributed by atoms with E-state index in [1.165, 1.54) is 12.1 Å². The number of fused-ring (bicyclic) bond motifs is 1. The Kier molecular flexibility index (Phi) is 6.96. The number of carbonyl (C=O) groups is 1. The van der Waals surface area contributed by atoms with Gasteiger partial charge < -0.3 is 10.2 Å². The van der Waals surface area contributed by atoms with E-state index in [-0.39, 0.29) is 38.6 Å². The first-order valence-corrected chi connectivity index (χ1v) is 12.0. The summed E-state index contributed by atoms with van der Waals surface area (Å²) >= 11 is 18.9. The lowest BCUT2D eigenvalue weighted by atomic mass is 9.89. The molecule has 176 valence electrons. The molecule has 4 rings (SSSR count). The molecule has 0 radical (unpaired) electrons. The molecule has 1 aliphatic rings. The Labute approximate surface area is 207 Å². The highest BCUT2D eigenvalue weighted by Crippen LogP contribution is 2.37. The number of alkyl halides is 3. The Hall–Kier alpha value is -1.81. The van der Waals surface area contributed by atoms with Gasteiger partial charge in [0.15, 0.2) is 5.15 Å². The molecule has 2 heterocycles. The molecule has 12 heteroatoms. The van der Waals surface area contributed by atoms with Crippen LogP contribution in [-0.2, 0) is 6.18 Å². The molecule has 1 N–H and O–H groups in total. The molecule has 0 atom stereocenters. The van der Waals surface area contributed by atoms with E-state index < -0.39 is 11.9 Å². The van der Waals surface area contributed by atoms with Crippen LogP contribution in [0.1, 0.15) is 41.0 Å². The highest BCUT2D eigenvalue weighted by Gasteiger charge is 2.35. The number of nitrogens with zero attached hydrogens (tertiary/aromatic N) is 3. The van der Waals surface area contributed by atoms with Crippen molar-refractivity contribution in [3.05, 3.63) is 50.0 Å². The van der Waals surface area contributed by atoms with Crippen molar-refractivity contribution in [1.82, 2.24) is 14.7 Å². The predicted molar refractivity (Wildman–Crippen MR) is 126 cm³/mol. The van der Waals surface area contributed by atoms with Gasteiger partial charge in [-0.1, -0.05) is 34.8 Å². The molecule has 0 spiro atoms. The van der Waals surface area contributed by atoms with Crippen LogP contribution in [0.5, 0.6) is 0 Å². The molecule has 1 saturated carbocycles. The largest absolute Gasteiger partial charge is 0.433 e. The summed E-state index contributed by atoms with van der Waals surface area (Å²) in [7, 11) is 1.78. The zero-order valence-corrected chi connectivity index (χ0v) is 20.3. The van der Waals surface area contributed by atoms with Crippen molar-refractivity contribution >= 4 is 68.8 Å². The lowest BCUT2D eigenvalue weighted by Gasteiger charge is -2.37. The fourth-order valence-corrected chi connectivity index (χ4v) is 5.36. The number of amides is 1. The average Bonchev–Trinajstić information content (AvgIpc) is 3.10. The van der Waals surface area contributed by atoms with Crippen LogP contribution >= 0.6 is 46.3 Å². The van der Waals surface area contributed by atoms with Crippen molar-refractivity contribution in [2.24, 2.45) is 0 Å². The number of nitrogens with one attached hydrogen (secondary N) is 1. The van der Waals surface area contributed by atoms with Gasteiger partial charge in [-0.15, -0.1) is 0 Å². The van der Waals surface area contributed by atoms with Gasteiger partial charge in [-0.25, -0.2) is 4.98 Å². The van der Waals surface area contributed by atoms with Gasteiger partial charge in [0.25, 0.3) is 5.91 Å². The maximum absolute atomic E-state index is 13.5. The van der Waals surface area contributed by atoms with Crippen LogP contribution in [0.15, 0.2) is 24.3 Å². The highest BCUT2D eigenvalue weighted by molar-refractivity contribution is 7.09. The number of hydrogen-bond acceptors (Lipinski definition) is 5. The molecule has 1 fully saturated rings. The molecule has 0 bridgehead atoms. The van der Waals surface area contributed by atoms with Crippen LogP contribution in [0.4, 0.5) is 18.9 Å². The van der Waals surface area contributed by atoms with E-state index in [0.29, 0.717) is 41.8 Å². The molecule has 0 unspecified atom stereocenters. The molecule has 0 aliphatic heterocycles. The molecule has 3 aromatic rings. The summed E-state index contributed by atoms with van der Waals surface area (Å²) in [5.74, 6) is -0.328. The summed E-state index contributed by atoms with van der Waals surface area (Å²) in [6.07, 6.45) is -1.86. The highest BCUT2D eigenvalue weighted by atomic mass is 35.5. The number of pyridine rings is 1. The summed E-state index contributed by atoms with van der Waals surface area (Å²) in [5.41, 5.74) is -0.286. The fourth-order valence-electron chi connectivity index (χ4n) is 4.07. The second-order valence-electron chi connectivity index (χ2n) is 7.89. The van der Waals surface area contributed by atoms with Crippen molar-refractivity contribution in [1.29, 1.82) is 0 Å². The maximum atomic E-state index is 13.5. The quantitative estimate of drug-likeness (QED) is 0.395. The van der Waals surface area contributed by atoms with Crippen LogP contribution in [0.2, 0.25) is 15.2 Å². The first-order chi connectivity index (χ1) is 15.5. The SMILES string of the molecule is CN(c1cc(C(F)(F)F)nc2ccc(Cl)cc12)C1CCC(NC(=O)c2snc(Cl)c2Cl)CC1. The summed E-state index contributed by atoms with van der Waals surface area (Å²) < 4.78 is 44.2. The fraction of sp³-hybridized carbons (Fsp3) is 0.381. The van der Waals surface area contributed by atoms with Gasteiger partial charge in [0, 0.05) is 35.2 Å². The number of aromatic nitrogens is 2. The topological polar surface area (TPSA) is 58.1 Å². The second kappa shape index (κ2) is 9.44. The van der Waals surface area contributed by atoms with Crippen molar-refractivity contribution in [2.75, 3.05) is 11.9 Å². The summed E-state index contributed by atoms with van der Waals surface area (Å²) in [6.45, 7) is 0. The lowest BCUT2D eigenvalue weighted by molar-refractivity contribution is -0.140. The Morgan fingerprint density at radius 3 is 2.45 bits per heavy atom. The van der Waals surface area contributed by atoms with Crippen molar-refractivity contribution < 1.29 is 18.0 Å². The number of hydrogen-bond donors (Lipinski definition) is 1. The van der Waals surface area contributed by atoms with Gasteiger partial charge in [-0.3, -0.25) is 4.79 Å². The molecule has 33 heavy (non-hydrogen) atoms. The summed E-state index contributed by atoms with van der Waals surface area (Å²) in [5, 5.41) is 4.16. The van der Waals surface area contributed by atoms with Gasteiger partial charge in [-0.2, -0.15) is 17.5 Å². The standard InChI is InChI=1S/C21H18Cl3F3N4OS/c1-31(15-9-16(21(25,26)27)29-14-7-2-10(22)8-13(14)15)12-5-3-11(4-6-12)28-20(32)18-17(23)19(24)30-33-18/h2,7-9,11-12H,3-6H2,1H3,(H,28,32). The van der Waals surface area contributed by atoms with Crippen molar-refractivity contribution in [2.45, 2.75) is 43.9 Å². The first kappa shape index (κ1) is 24.3. The van der Waals surface area contributed by atoms with Gasteiger partial charge in [-0.05, 0) is 61.5 Å². The van der Waals surface area contributed by atoms with Crippen LogP contribution in [0.3, 0.4) is 0 Å². The van der Waals surface area contributed by atoms with Crippen LogP contribution in [-0.4, -0.2) is 34.4 Å². The number of carbonyl (C=O) groups excluding carboxylic acids is 1. The molecule has 1 amide bonds. The molecule has 1 aliphatic carbocycles. The predicted octanol–water partition coefficient (Wildman–Crippen LogP) is 6.85. The van der Waals surface area contributed by atoms with E-state index in [1.54, 1.807) is 13.1 Å². The smallest absolute Gasteiger partial charge is 0.371 e. The number of halogens is 6. The minimum Gasteiger partial charge on any atom is -0.371 e. The van der Waals surface area contributed by atoms with E-state index in [4.69, 9.17) is 34.8 Å². The minimum absolute atomic E-state index is 0.00902. The number of benzene rings is 1. The summed E-state index contributed by atoms with van der Waals surface area (Å²) in [4.78, 5) is 18.4. The van der Waals surface area contributed by atoms with Gasteiger partial charge in [0.1, 0.15) is 15.6 Å². The molecule has 2 aromatic heterocycles. The third kappa shape index (κ3) is 5.16. The van der Waals surface area contributed by atoms with Crippen LogP contribution < -0.4 is 10.2 Å². The van der Waals surface area contributed by atoms with Crippen molar-refractivity contribution in [3.63, 3.8) is 0 Å². The zero-order chi connectivity index (χ0) is 23.9. The van der Waals surface area contributed by atoms with Crippen LogP contribution in [0, 0.1) is 0 Å². The van der Waals surface area contributed by atoms with E-state index >= 15 is 0 Å². The van der Waals surface area contributed by atoms with E-state index in [1.807, 2.05) is 4.90 Å². The summed E-state index contributed by atoms with van der Waals surface area (Å²) in [6, 6.07) is 5.64. The Morgan fingerprint density at radius 2 is 1.85 bits per heavy atom. The van der Waals surface area contributed by atoms with E-state index in [2.05, 4.69) is 14.7 Å². The van der Waals surface area contributed by atoms with Gasteiger partial charge >= 0.3 is 6.18 Å². The third-order valence-electron chi connectivity index (χ3n) is 5.80. The molecular weight excluding hydrogens is 520 g/mol. The number of anilines is 1. The number of rotatable bonds is 4.